The van der Waals surface area contributed by atoms with Crippen LogP contribution in [0.15, 0.2) is 22.7 Å². The predicted octanol–water partition coefficient (Wildman–Crippen LogP) is 3.06. The average Bonchev–Trinajstić information content (AvgIpc) is 2.89. The number of anilines is 1. The molecule has 2 rings (SSSR count). The van der Waals surface area contributed by atoms with Gasteiger partial charge in [0.25, 0.3) is 0 Å². The summed E-state index contributed by atoms with van der Waals surface area (Å²) >= 11 is 9.28. The Morgan fingerprint density at radius 1 is 1.50 bits per heavy atom. The maximum atomic E-state index is 12.3. The zero-order chi connectivity index (χ0) is 14.5. The summed E-state index contributed by atoms with van der Waals surface area (Å²) in [6, 6.07) is 5.42. The number of nitrogens with one attached hydrogen (secondary N) is 2. The number of carbonyl (C=O) groups excluding carboxylic acids is 1. The van der Waals surface area contributed by atoms with Crippen LogP contribution in [-0.4, -0.2) is 31.7 Å². The minimum absolute atomic E-state index is 0.0228. The van der Waals surface area contributed by atoms with Crippen LogP contribution in [-0.2, 0) is 9.53 Å². The zero-order valence-electron chi connectivity index (χ0n) is 11.3. The SMILES string of the molecule is CCCNC1COCC1C(=O)Nc1ccc(Cl)c(Br)c1. The molecule has 0 saturated carbocycles. The number of benzene rings is 1. The molecule has 1 saturated heterocycles. The number of hydrogen-bond acceptors (Lipinski definition) is 3. The van der Waals surface area contributed by atoms with Gasteiger partial charge in [0.2, 0.25) is 5.91 Å². The van der Waals surface area contributed by atoms with Crippen molar-refractivity contribution in [3.63, 3.8) is 0 Å². The van der Waals surface area contributed by atoms with E-state index in [0.29, 0.717) is 18.2 Å². The van der Waals surface area contributed by atoms with Gasteiger partial charge in [-0.1, -0.05) is 18.5 Å². The lowest BCUT2D eigenvalue weighted by Crippen LogP contribution is -2.41. The van der Waals surface area contributed by atoms with Gasteiger partial charge >= 0.3 is 0 Å². The summed E-state index contributed by atoms with van der Waals surface area (Å²) in [6.45, 7) is 4.04. The molecule has 0 aromatic heterocycles. The summed E-state index contributed by atoms with van der Waals surface area (Å²) < 4.78 is 6.18. The first-order valence-corrected chi connectivity index (χ1v) is 7.86. The van der Waals surface area contributed by atoms with Crippen LogP contribution in [0.1, 0.15) is 13.3 Å². The molecule has 1 aromatic rings. The Bertz CT molecular complexity index is 484. The number of halogens is 2. The Morgan fingerprint density at radius 3 is 3.00 bits per heavy atom. The summed E-state index contributed by atoms with van der Waals surface area (Å²) in [5.74, 6) is -0.179. The molecule has 20 heavy (non-hydrogen) atoms. The molecule has 1 fully saturated rings. The van der Waals surface area contributed by atoms with Gasteiger partial charge in [-0.3, -0.25) is 4.79 Å². The van der Waals surface area contributed by atoms with E-state index >= 15 is 0 Å². The van der Waals surface area contributed by atoms with E-state index in [4.69, 9.17) is 16.3 Å². The van der Waals surface area contributed by atoms with Crippen LogP contribution in [0.3, 0.4) is 0 Å². The van der Waals surface area contributed by atoms with Crippen LogP contribution < -0.4 is 10.6 Å². The van der Waals surface area contributed by atoms with Crippen molar-refractivity contribution in [2.24, 2.45) is 5.92 Å². The van der Waals surface area contributed by atoms with E-state index in [1.807, 2.05) is 0 Å². The molecule has 1 heterocycles. The molecule has 0 spiro atoms. The van der Waals surface area contributed by atoms with Gasteiger partial charge in [0.15, 0.2) is 0 Å². The quantitative estimate of drug-likeness (QED) is 0.847. The molecular formula is C14H18BrClN2O2. The third-order valence-corrected chi connectivity index (χ3v) is 4.47. The molecule has 2 unspecified atom stereocenters. The number of rotatable bonds is 5. The molecule has 0 bridgehead atoms. The molecular weight excluding hydrogens is 344 g/mol. The molecule has 110 valence electrons. The zero-order valence-corrected chi connectivity index (χ0v) is 13.6. The highest BCUT2D eigenvalue weighted by Gasteiger charge is 2.33. The first-order valence-electron chi connectivity index (χ1n) is 6.69. The van der Waals surface area contributed by atoms with E-state index in [9.17, 15) is 4.79 Å². The minimum Gasteiger partial charge on any atom is -0.379 e. The molecule has 4 nitrogen and oxygen atoms in total. The Kier molecular flexibility index (Phi) is 5.84. The number of ether oxygens (including phenoxy) is 1. The van der Waals surface area contributed by atoms with Gasteiger partial charge in [0, 0.05) is 16.2 Å². The van der Waals surface area contributed by atoms with Crippen molar-refractivity contribution in [2.45, 2.75) is 19.4 Å². The van der Waals surface area contributed by atoms with Crippen LogP contribution in [0.25, 0.3) is 0 Å². The summed E-state index contributed by atoms with van der Waals surface area (Å²) in [7, 11) is 0. The van der Waals surface area contributed by atoms with Crippen molar-refractivity contribution in [1.82, 2.24) is 5.32 Å². The van der Waals surface area contributed by atoms with Crippen LogP contribution in [0, 0.1) is 5.92 Å². The first kappa shape index (κ1) is 15.8. The fourth-order valence-corrected chi connectivity index (χ4v) is 2.65. The Balaban J connectivity index is 1.98. The monoisotopic (exact) mass is 360 g/mol. The van der Waals surface area contributed by atoms with E-state index in [-0.39, 0.29) is 17.9 Å². The van der Waals surface area contributed by atoms with Crippen molar-refractivity contribution in [1.29, 1.82) is 0 Å². The number of carbonyl (C=O) groups is 1. The van der Waals surface area contributed by atoms with E-state index in [0.717, 1.165) is 23.1 Å². The van der Waals surface area contributed by atoms with Gasteiger partial charge in [-0.15, -0.1) is 0 Å². The van der Waals surface area contributed by atoms with Crippen molar-refractivity contribution in [3.8, 4) is 0 Å². The van der Waals surface area contributed by atoms with E-state index in [1.54, 1.807) is 18.2 Å². The van der Waals surface area contributed by atoms with Crippen molar-refractivity contribution in [2.75, 3.05) is 25.1 Å². The normalized spacial score (nSPS) is 21.9. The standard InChI is InChI=1S/C14H18BrClN2O2/c1-2-5-17-13-8-20-7-10(13)14(19)18-9-3-4-12(16)11(15)6-9/h3-4,6,10,13,17H,2,5,7-8H2,1H3,(H,18,19). The lowest BCUT2D eigenvalue weighted by Gasteiger charge is -2.18. The first-order chi connectivity index (χ1) is 9.61. The van der Waals surface area contributed by atoms with E-state index < -0.39 is 0 Å². The second-order valence-electron chi connectivity index (χ2n) is 4.82. The van der Waals surface area contributed by atoms with Gasteiger partial charge in [-0.05, 0) is 47.1 Å². The third-order valence-electron chi connectivity index (χ3n) is 3.26. The van der Waals surface area contributed by atoms with Crippen molar-refractivity contribution < 1.29 is 9.53 Å². The molecule has 2 atom stereocenters. The third kappa shape index (κ3) is 3.95. The second-order valence-corrected chi connectivity index (χ2v) is 6.08. The summed E-state index contributed by atoms with van der Waals surface area (Å²) in [4.78, 5) is 12.3. The van der Waals surface area contributed by atoms with Crippen molar-refractivity contribution in [3.05, 3.63) is 27.7 Å². The van der Waals surface area contributed by atoms with E-state index in [2.05, 4.69) is 33.5 Å². The highest BCUT2D eigenvalue weighted by atomic mass is 79.9. The maximum Gasteiger partial charge on any atom is 0.231 e. The Hall–Kier alpha value is -0.620. The highest BCUT2D eigenvalue weighted by Crippen LogP contribution is 2.26. The molecule has 1 aliphatic heterocycles. The summed E-state index contributed by atoms with van der Waals surface area (Å²) in [5, 5.41) is 6.88. The largest absolute Gasteiger partial charge is 0.379 e. The number of hydrogen-bond donors (Lipinski definition) is 2. The predicted molar refractivity (Wildman–Crippen MR) is 84.2 cm³/mol. The average molecular weight is 362 g/mol. The van der Waals surface area contributed by atoms with Crippen LogP contribution >= 0.6 is 27.5 Å². The summed E-state index contributed by atoms with van der Waals surface area (Å²) in [6.07, 6.45) is 1.04. The fourth-order valence-electron chi connectivity index (χ4n) is 2.15. The molecule has 2 N–H and O–H groups in total. The van der Waals surface area contributed by atoms with Gasteiger partial charge in [0.1, 0.15) is 0 Å². The molecule has 0 radical (unpaired) electrons. The molecule has 6 heteroatoms. The lowest BCUT2D eigenvalue weighted by atomic mass is 10.0. The number of amides is 1. The van der Waals surface area contributed by atoms with Gasteiger partial charge in [0.05, 0.1) is 24.2 Å². The van der Waals surface area contributed by atoms with Gasteiger partial charge in [-0.2, -0.15) is 0 Å². The maximum absolute atomic E-state index is 12.3. The van der Waals surface area contributed by atoms with Gasteiger partial charge in [-0.25, -0.2) is 0 Å². The summed E-state index contributed by atoms with van der Waals surface area (Å²) in [5.41, 5.74) is 0.729. The van der Waals surface area contributed by atoms with E-state index in [1.165, 1.54) is 0 Å². The molecule has 1 aliphatic rings. The highest BCUT2D eigenvalue weighted by molar-refractivity contribution is 9.10. The van der Waals surface area contributed by atoms with Gasteiger partial charge < -0.3 is 15.4 Å². The second kappa shape index (κ2) is 7.41. The minimum atomic E-state index is -0.156. The molecule has 1 aromatic carbocycles. The Morgan fingerprint density at radius 2 is 2.30 bits per heavy atom. The van der Waals surface area contributed by atoms with Crippen LogP contribution in [0.2, 0.25) is 5.02 Å². The fraction of sp³-hybridized carbons (Fsp3) is 0.500. The molecule has 0 aliphatic carbocycles. The Labute approximate surface area is 132 Å². The lowest BCUT2D eigenvalue weighted by molar-refractivity contribution is -0.120. The van der Waals surface area contributed by atoms with Crippen molar-refractivity contribution >= 4 is 39.1 Å². The topological polar surface area (TPSA) is 50.4 Å². The molecule has 1 amide bonds. The smallest absolute Gasteiger partial charge is 0.231 e. The van der Waals surface area contributed by atoms with Crippen LogP contribution in [0.4, 0.5) is 5.69 Å². The van der Waals surface area contributed by atoms with Crippen LogP contribution in [0.5, 0.6) is 0 Å².